The zero-order chi connectivity index (χ0) is 48.4. The van der Waals surface area contributed by atoms with Gasteiger partial charge in [0.1, 0.15) is 56.1 Å². The number of carboxylic acids is 7. The van der Waals surface area contributed by atoms with Gasteiger partial charge in [-0.2, -0.15) is 0 Å². The topological polar surface area (TPSA) is 558 Å². The number of aliphatic carboxylic acids is 7. The SMILES string of the molecule is CN[C@@H](COC(=O)[C@H](C)N)C(=O)O.CN[C@@H](COC(=O)[C@H](C)N)C(=O)O.CN[C@@H](COC(=O)[C@H](C)N)C(=O)O.NCC(=O)O.NCC(=O)O.NCC(=O)O.NCC(=O)O. The minimum atomic E-state index is -1.07. The number of hydrogen-bond acceptors (Lipinski definition) is 23. The van der Waals surface area contributed by atoms with Crippen LogP contribution in [0.3, 0.4) is 0 Å². The number of carboxylic acid groups (broad SMARTS) is 7. The van der Waals surface area contributed by atoms with Crippen molar-refractivity contribution >= 4 is 59.7 Å². The molecule has 0 heterocycles. The Morgan fingerprint density at radius 2 is 0.542 bits per heavy atom. The quantitative estimate of drug-likeness (QED) is 0.0423. The zero-order valence-corrected chi connectivity index (χ0v) is 33.4. The van der Waals surface area contributed by atoms with Gasteiger partial charge >= 0.3 is 59.7 Å². The fourth-order valence-electron chi connectivity index (χ4n) is 1.73. The van der Waals surface area contributed by atoms with Gasteiger partial charge in [0.25, 0.3) is 0 Å². The monoisotopic (exact) mass is 870 g/mol. The van der Waals surface area contributed by atoms with Crippen molar-refractivity contribution in [1.29, 1.82) is 0 Å². The van der Waals surface area contributed by atoms with E-state index in [1.165, 1.54) is 41.9 Å². The molecule has 0 fully saturated rings. The Morgan fingerprint density at radius 3 is 0.610 bits per heavy atom. The second kappa shape index (κ2) is 45.0. The van der Waals surface area contributed by atoms with Gasteiger partial charge in [0.05, 0.1) is 26.2 Å². The van der Waals surface area contributed by atoms with Crippen molar-refractivity contribution < 1.29 is 97.9 Å². The molecule has 59 heavy (non-hydrogen) atoms. The Bertz CT molecular complexity index is 1070. The summed E-state index contributed by atoms with van der Waals surface area (Å²) in [5.41, 5.74) is 33.9. The van der Waals surface area contributed by atoms with E-state index >= 15 is 0 Å². The summed E-state index contributed by atoms with van der Waals surface area (Å²) in [7, 11) is 4.41. The summed E-state index contributed by atoms with van der Waals surface area (Å²) in [4.78, 5) is 101. The minimum Gasteiger partial charge on any atom is -0.480 e. The lowest BCUT2D eigenvalue weighted by molar-refractivity contribution is -0.151. The molecule has 24 N–H and O–H groups in total. The van der Waals surface area contributed by atoms with Crippen molar-refractivity contribution in [2.45, 2.75) is 57.0 Å². The normalized spacial score (nSPS) is 12.2. The summed E-state index contributed by atoms with van der Waals surface area (Å²) in [6.07, 6.45) is 0. The van der Waals surface area contributed by atoms with E-state index in [-0.39, 0.29) is 46.0 Å². The van der Waals surface area contributed by atoms with E-state index in [1.807, 2.05) is 0 Å². The molecule has 30 heteroatoms. The van der Waals surface area contributed by atoms with Crippen LogP contribution in [-0.4, -0.2) is 199 Å². The number of esters is 3. The first-order chi connectivity index (χ1) is 27.0. The molecule has 0 radical (unpaired) electrons. The van der Waals surface area contributed by atoms with Crippen LogP contribution in [0.1, 0.15) is 20.8 Å². The lowest BCUT2D eigenvalue weighted by Gasteiger charge is -2.12. The molecule has 0 aromatic carbocycles. The molecule has 0 spiro atoms. The molecule has 0 rings (SSSR count). The first kappa shape index (κ1) is 68.0. The summed E-state index contributed by atoms with van der Waals surface area (Å²) >= 11 is 0. The molecular weight excluding hydrogens is 808 g/mol. The average molecular weight is 871 g/mol. The van der Waals surface area contributed by atoms with Gasteiger partial charge in [-0.05, 0) is 41.9 Å². The van der Waals surface area contributed by atoms with E-state index in [0.717, 1.165) is 0 Å². The van der Waals surface area contributed by atoms with E-state index < -0.39 is 95.9 Å². The third kappa shape index (κ3) is 59.1. The van der Waals surface area contributed by atoms with Crippen LogP contribution in [-0.2, 0) is 62.2 Å². The maximum atomic E-state index is 10.8. The molecule has 6 atom stereocenters. The fourth-order valence-corrected chi connectivity index (χ4v) is 1.73. The molecule has 30 nitrogen and oxygen atoms in total. The smallest absolute Gasteiger partial charge is 0.324 e. The molecule has 0 saturated heterocycles. The molecule has 0 aliphatic heterocycles. The van der Waals surface area contributed by atoms with Gasteiger partial charge in [0.2, 0.25) is 0 Å². The number of ether oxygens (including phenoxy) is 3. The molecule has 0 aromatic rings. The Balaban J connectivity index is -0.000000112. The van der Waals surface area contributed by atoms with Gasteiger partial charge in [-0.1, -0.05) is 0 Å². The van der Waals surface area contributed by atoms with Gasteiger partial charge in [0.15, 0.2) is 0 Å². The molecular formula is C29H62N10O20. The molecule has 0 bridgehead atoms. The molecule has 0 aliphatic carbocycles. The van der Waals surface area contributed by atoms with E-state index in [1.54, 1.807) is 0 Å². The van der Waals surface area contributed by atoms with Crippen molar-refractivity contribution in [3.05, 3.63) is 0 Å². The Morgan fingerprint density at radius 1 is 0.407 bits per heavy atom. The molecule has 0 amide bonds. The van der Waals surface area contributed by atoms with Crippen LogP contribution in [0.4, 0.5) is 0 Å². The Hall–Kier alpha value is -5.70. The van der Waals surface area contributed by atoms with Crippen LogP contribution >= 0.6 is 0 Å². The van der Waals surface area contributed by atoms with E-state index in [0.29, 0.717) is 0 Å². The van der Waals surface area contributed by atoms with Gasteiger partial charge in [0, 0.05) is 0 Å². The maximum Gasteiger partial charge on any atom is 0.324 e. The summed E-state index contributed by atoms with van der Waals surface area (Å²) < 4.78 is 13.8. The van der Waals surface area contributed by atoms with Crippen LogP contribution in [0.15, 0.2) is 0 Å². The van der Waals surface area contributed by atoms with Crippen LogP contribution in [0.25, 0.3) is 0 Å². The molecule has 0 aromatic heterocycles. The number of carbonyl (C=O) groups is 10. The first-order valence-corrected chi connectivity index (χ1v) is 16.2. The van der Waals surface area contributed by atoms with Gasteiger partial charge in [-0.3, -0.25) is 47.9 Å². The third-order valence-corrected chi connectivity index (χ3v) is 4.93. The summed E-state index contributed by atoms with van der Waals surface area (Å²) in [6.45, 7) is 2.65. The lowest BCUT2D eigenvalue weighted by atomic mass is 10.3. The Kier molecular flexibility index (Phi) is 51.9. The second-order valence-electron chi connectivity index (χ2n) is 10.2. The number of nitrogens with two attached hydrogens (primary N) is 7. The number of rotatable bonds is 19. The van der Waals surface area contributed by atoms with Crippen molar-refractivity contribution in [2.24, 2.45) is 40.1 Å². The van der Waals surface area contributed by atoms with Gasteiger partial charge in [-0.15, -0.1) is 0 Å². The predicted octanol–water partition coefficient (Wildman–Crippen LogP) is -8.23. The molecule has 348 valence electrons. The highest BCUT2D eigenvalue weighted by molar-refractivity contribution is 5.78. The second-order valence-corrected chi connectivity index (χ2v) is 10.2. The highest BCUT2D eigenvalue weighted by Gasteiger charge is 2.20. The average Bonchev–Trinajstić information content (AvgIpc) is 3.15. The molecule has 0 saturated carbocycles. The van der Waals surface area contributed by atoms with Crippen molar-refractivity contribution in [2.75, 3.05) is 67.1 Å². The van der Waals surface area contributed by atoms with Crippen LogP contribution < -0.4 is 56.1 Å². The van der Waals surface area contributed by atoms with Gasteiger partial charge < -0.3 is 106 Å². The van der Waals surface area contributed by atoms with Crippen molar-refractivity contribution in [1.82, 2.24) is 16.0 Å². The number of likely N-dealkylation sites (N-methyl/N-ethyl adjacent to an activating group) is 3. The standard InChI is InChI=1S/3C7H14N2O4.4C2H5NO2/c3*1-4(8)7(12)13-3-5(9-2)6(10)11;4*3-1-2(4)5/h3*4-5,9H,3,8H2,1-2H3,(H,10,11);4*1,3H2,(H,4,5)/t3*4-,5-;;;;/m000..../s1. The predicted molar refractivity (Wildman–Crippen MR) is 202 cm³/mol. The van der Waals surface area contributed by atoms with Crippen molar-refractivity contribution in [3.8, 4) is 0 Å². The first-order valence-electron chi connectivity index (χ1n) is 16.2. The maximum absolute atomic E-state index is 10.8. The molecule has 0 aliphatic rings. The van der Waals surface area contributed by atoms with Crippen LogP contribution in [0.5, 0.6) is 0 Å². The number of hydrogen-bond donors (Lipinski definition) is 17. The lowest BCUT2D eigenvalue weighted by Crippen LogP contribution is -2.40. The highest BCUT2D eigenvalue weighted by Crippen LogP contribution is 1.91. The summed E-state index contributed by atoms with van der Waals surface area (Å²) in [5, 5.41) is 63.4. The Labute approximate surface area is 338 Å². The van der Waals surface area contributed by atoms with Crippen LogP contribution in [0.2, 0.25) is 0 Å². The molecule has 0 unspecified atom stereocenters. The van der Waals surface area contributed by atoms with E-state index in [4.69, 9.17) is 52.9 Å². The highest BCUT2D eigenvalue weighted by atomic mass is 16.5. The van der Waals surface area contributed by atoms with E-state index in [9.17, 15) is 47.9 Å². The van der Waals surface area contributed by atoms with E-state index in [2.05, 4.69) is 53.1 Å². The van der Waals surface area contributed by atoms with Crippen LogP contribution in [0, 0.1) is 0 Å². The van der Waals surface area contributed by atoms with Crippen molar-refractivity contribution in [3.63, 3.8) is 0 Å². The third-order valence-electron chi connectivity index (χ3n) is 4.93. The summed E-state index contributed by atoms with van der Waals surface area (Å²) in [6, 6.07) is -4.85. The number of carbonyl (C=O) groups excluding carboxylic acids is 3. The minimum absolute atomic E-state index is 0.216. The van der Waals surface area contributed by atoms with Gasteiger partial charge in [-0.25, -0.2) is 0 Å². The largest absolute Gasteiger partial charge is 0.480 e. The zero-order valence-electron chi connectivity index (χ0n) is 33.4. The fraction of sp³-hybridized carbons (Fsp3) is 0.655. The number of nitrogens with one attached hydrogen (secondary N) is 3. The summed E-state index contributed by atoms with van der Waals surface area (Å²) in [5.74, 6) is -8.91.